The summed E-state index contributed by atoms with van der Waals surface area (Å²) in [7, 11) is 1.61. The third-order valence-electron chi connectivity index (χ3n) is 5.10. The number of hydrogen-bond donors (Lipinski definition) is 0. The third-order valence-corrected chi connectivity index (χ3v) is 5.10. The molecule has 3 aromatic carbocycles. The molecule has 30 heavy (non-hydrogen) atoms. The van der Waals surface area contributed by atoms with E-state index < -0.39 is 11.6 Å². The van der Waals surface area contributed by atoms with Crippen LogP contribution in [0.1, 0.15) is 27.0 Å². The van der Waals surface area contributed by atoms with E-state index in [0.29, 0.717) is 11.9 Å². The molecule has 0 aliphatic carbocycles. The van der Waals surface area contributed by atoms with Gasteiger partial charge in [0.25, 0.3) is 0 Å². The fourth-order valence-electron chi connectivity index (χ4n) is 3.49. The lowest BCUT2D eigenvalue weighted by Crippen LogP contribution is -2.20. The number of halogens is 1. The van der Waals surface area contributed by atoms with E-state index in [1.807, 2.05) is 47.9 Å². The highest BCUT2D eigenvalue weighted by molar-refractivity contribution is 6.10. The maximum Gasteiger partial charge on any atom is 0.200 e. The van der Waals surface area contributed by atoms with Gasteiger partial charge in [0.05, 0.1) is 18.2 Å². The largest absolute Gasteiger partial charge is 0.497 e. The van der Waals surface area contributed by atoms with Crippen LogP contribution in [0.5, 0.6) is 5.75 Å². The second kappa shape index (κ2) is 7.95. The molecule has 4 nitrogen and oxygen atoms in total. The summed E-state index contributed by atoms with van der Waals surface area (Å²) in [6.45, 7) is 2.38. The summed E-state index contributed by atoms with van der Waals surface area (Å²) >= 11 is 0. The summed E-state index contributed by atoms with van der Waals surface area (Å²) < 4.78 is 20.4. The molecule has 4 rings (SSSR count). The number of aryl methyl sites for hydroxylation is 1. The van der Waals surface area contributed by atoms with Gasteiger partial charge in [-0.1, -0.05) is 23.8 Å². The van der Waals surface area contributed by atoms with Gasteiger partial charge in [0.2, 0.25) is 5.43 Å². The first kappa shape index (κ1) is 19.6. The van der Waals surface area contributed by atoms with Crippen LogP contribution in [0.15, 0.2) is 77.7 Å². The molecule has 0 saturated heterocycles. The summed E-state index contributed by atoms with van der Waals surface area (Å²) in [4.78, 5) is 26.2. The number of pyridine rings is 1. The van der Waals surface area contributed by atoms with Crippen molar-refractivity contribution in [2.75, 3.05) is 7.11 Å². The molecule has 0 aliphatic heterocycles. The molecule has 0 aliphatic rings. The van der Waals surface area contributed by atoms with Gasteiger partial charge < -0.3 is 9.30 Å². The van der Waals surface area contributed by atoms with Gasteiger partial charge >= 0.3 is 0 Å². The number of carbonyl (C=O) groups is 1. The normalized spacial score (nSPS) is 10.9. The van der Waals surface area contributed by atoms with E-state index in [9.17, 15) is 14.0 Å². The van der Waals surface area contributed by atoms with Gasteiger partial charge in [-0.15, -0.1) is 0 Å². The number of hydrogen-bond acceptors (Lipinski definition) is 3. The molecule has 150 valence electrons. The van der Waals surface area contributed by atoms with E-state index in [1.165, 1.54) is 24.3 Å². The van der Waals surface area contributed by atoms with Crippen LogP contribution in [-0.4, -0.2) is 17.5 Å². The van der Waals surface area contributed by atoms with Crippen LogP contribution < -0.4 is 10.2 Å². The lowest BCUT2D eigenvalue weighted by molar-refractivity contribution is 0.103. The average molecular weight is 401 g/mol. The van der Waals surface area contributed by atoms with Gasteiger partial charge in [0, 0.05) is 23.7 Å². The SMILES string of the molecule is COc1ccc(Cn2cc(C(=O)c3ccc(F)cc3)c(=O)c3cc(C)ccc32)cc1. The van der Waals surface area contributed by atoms with Gasteiger partial charge in [-0.25, -0.2) is 4.39 Å². The first-order valence-electron chi connectivity index (χ1n) is 9.53. The minimum absolute atomic E-state index is 0.0632. The standard InChI is InChI=1S/C25H20FNO3/c1-16-3-12-23-21(13-16)25(29)22(24(28)18-6-8-19(26)9-7-18)15-27(23)14-17-4-10-20(30-2)11-5-17/h3-13,15H,14H2,1-2H3. The predicted molar refractivity (Wildman–Crippen MR) is 115 cm³/mol. The van der Waals surface area contributed by atoms with Crippen molar-refractivity contribution in [3.8, 4) is 5.75 Å². The third kappa shape index (κ3) is 3.74. The van der Waals surface area contributed by atoms with Crippen molar-refractivity contribution in [1.82, 2.24) is 4.57 Å². The summed E-state index contributed by atoms with van der Waals surface area (Å²) in [6.07, 6.45) is 1.59. The zero-order chi connectivity index (χ0) is 21.3. The van der Waals surface area contributed by atoms with Crippen molar-refractivity contribution >= 4 is 16.7 Å². The number of ketones is 1. The monoisotopic (exact) mass is 401 g/mol. The highest BCUT2D eigenvalue weighted by Gasteiger charge is 2.17. The molecule has 0 radical (unpaired) electrons. The highest BCUT2D eigenvalue weighted by atomic mass is 19.1. The fraction of sp³-hybridized carbons (Fsp3) is 0.120. The van der Waals surface area contributed by atoms with E-state index in [-0.39, 0.29) is 16.6 Å². The zero-order valence-electron chi connectivity index (χ0n) is 16.7. The van der Waals surface area contributed by atoms with Crippen LogP contribution in [0, 0.1) is 12.7 Å². The van der Waals surface area contributed by atoms with Crippen LogP contribution in [-0.2, 0) is 6.54 Å². The number of fused-ring (bicyclic) bond motifs is 1. The van der Waals surface area contributed by atoms with Gasteiger partial charge in [0.1, 0.15) is 11.6 Å². The lowest BCUT2D eigenvalue weighted by Gasteiger charge is -2.14. The number of carbonyl (C=O) groups excluding carboxylic acids is 1. The Hall–Kier alpha value is -3.73. The molecular weight excluding hydrogens is 381 g/mol. The molecule has 0 atom stereocenters. The first-order chi connectivity index (χ1) is 14.5. The molecule has 1 aromatic heterocycles. The van der Waals surface area contributed by atoms with Crippen LogP contribution in [0.3, 0.4) is 0 Å². The molecule has 0 amide bonds. The summed E-state index contributed by atoms with van der Waals surface area (Å²) in [5.41, 5.74) is 2.69. The quantitative estimate of drug-likeness (QED) is 0.454. The Kier molecular flexibility index (Phi) is 5.19. The molecule has 5 heteroatoms. The van der Waals surface area contributed by atoms with E-state index in [2.05, 4.69) is 0 Å². The van der Waals surface area contributed by atoms with E-state index in [0.717, 1.165) is 22.4 Å². The van der Waals surface area contributed by atoms with Crippen molar-refractivity contribution in [2.45, 2.75) is 13.5 Å². The summed E-state index contributed by atoms with van der Waals surface area (Å²) in [6, 6.07) is 18.5. The number of benzene rings is 3. The van der Waals surface area contributed by atoms with Gasteiger partial charge in [-0.2, -0.15) is 0 Å². The molecule has 0 unspecified atom stereocenters. The van der Waals surface area contributed by atoms with Crippen LogP contribution in [0.4, 0.5) is 4.39 Å². The Balaban J connectivity index is 1.86. The topological polar surface area (TPSA) is 48.3 Å². The van der Waals surface area contributed by atoms with Crippen molar-refractivity contribution in [2.24, 2.45) is 0 Å². The lowest BCUT2D eigenvalue weighted by atomic mass is 10.0. The first-order valence-corrected chi connectivity index (χ1v) is 9.53. The van der Waals surface area contributed by atoms with Gasteiger partial charge in [0.15, 0.2) is 5.78 Å². The minimum atomic E-state index is -0.433. The average Bonchev–Trinajstić information content (AvgIpc) is 2.76. The summed E-state index contributed by atoms with van der Waals surface area (Å²) in [5, 5.41) is 0.483. The molecule has 0 bridgehead atoms. The number of ether oxygens (including phenoxy) is 1. The molecule has 1 heterocycles. The second-order valence-electron chi connectivity index (χ2n) is 7.20. The van der Waals surface area contributed by atoms with E-state index in [1.54, 1.807) is 19.4 Å². The molecule has 0 fully saturated rings. The Morgan fingerprint density at radius 1 is 1.00 bits per heavy atom. The van der Waals surface area contributed by atoms with Crippen molar-refractivity contribution in [1.29, 1.82) is 0 Å². The number of rotatable bonds is 5. The Morgan fingerprint density at radius 3 is 2.37 bits per heavy atom. The molecule has 0 saturated carbocycles. The van der Waals surface area contributed by atoms with E-state index >= 15 is 0 Å². The number of aromatic nitrogens is 1. The summed E-state index contributed by atoms with van der Waals surface area (Å²) in [5.74, 6) is -0.101. The van der Waals surface area contributed by atoms with Gasteiger partial charge in [-0.3, -0.25) is 9.59 Å². The minimum Gasteiger partial charge on any atom is -0.497 e. The highest BCUT2D eigenvalue weighted by Crippen LogP contribution is 2.19. The Bertz CT molecular complexity index is 1290. The predicted octanol–water partition coefficient (Wildman–Crippen LogP) is 4.74. The van der Waals surface area contributed by atoms with Crippen molar-refractivity contribution in [3.63, 3.8) is 0 Å². The molecule has 4 aromatic rings. The maximum atomic E-state index is 13.3. The smallest absolute Gasteiger partial charge is 0.200 e. The Morgan fingerprint density at radius 2 is 1.70 bits per heavy atom. The molecule has 0 N–H and O–H groups in total. The maximum absolute atomic E-state index is 13.3. The van der Waals surface area contributed by atoms with Crippen molar-refractivity contribution in [3.05, 3.63) is 111 Å². The van der Waals surface area contributed by atoms with Crippen LogP contribution in [0.25, 0.3) is 10.9 Å². The van der Waals surface area contributed by atoms with Crippen molar-refractivity contribution < 1.29 is 13.9 Å². The second-order valence-corrected chi connectivity index (χ2v) is 7.20. The van der Waals surface area contributed by atoms with Crippen LogP contribution in [0.2, 0.25) is 0 Å². The van der Waals surface area contributed by atoms with E-state index in [4.69, 9.17) is 4.74 Å². The molecular formula is C25H20FNO3. The fourth-order valence-corrected chi connectivity index (χ4v) is 3.49. The van der Waals surface area contributed by atoms with Crippen LogP contribution >= 0.6 is 0 Å². The number of nitrogens with zero attached hydrogens (tertiary/aromatic N) is 1. The molecule has 0 spiro atoms. The zero-order valence-corrected chi connectivity index (χ0v) is 16.7. The Labute approximate surface area is 173 Å². The number of methoxy groups -OCH3 is 1. The van der Waals surface area contributed by atoms with Gasteiger partial charge in [-0.05, 0) is 61.0 Å².